The van der Waals surface area contributed by atoms with Gasteiger partial charge in [0.1, 0.15) is 17.6 Å². The summed E-state index contributed by atoms with van der Waals surface area (Å²) in [5, 5.41) is 4.60. The Morgan fingerprint density at radius 2 is 1.90 bits per heavy atom. The zero-order chi connectivity index (χ0) is 21.9. The van der Waals surface area contributed by atoms with Crippen molar-refractivity contribution in [1.29, 1.82) is 0 Å². The van der Waals surface area contributed by atoms with E-state index in [1.54, 1.807) is 37.3 Å². The highest BCUT2D eigenvalue weighted by molar-refractivity contribution is 6.38. The Labute approximate surface area is 185 Å². The number of carbonyl (C=O) groups excluding carboxylic acids is 1. The lowest BCUT2D eigenvalue weighted by molar-refractivity contribution is 0.0969. The number of para-hydroxylation sites is 1. The van der Waals surface area contributed by atoms with E-state index in [0.29, 0.717) is 17.1 Å². The van der Waals surface area contributed by atoms with Crippen LogP contribution in [-0.2, 0) is 0 Å². The Balaban J connectivity index is 1.87. The zero-order valence-electron chi connectivity index (χ0n) is 16.3. The molecule has 9 heteroatoms. The maximum absolute atomic E-state index is 13.6. The number of nitrogens with zero attached hydrogens (tertiary/aromatic N) is 2. The SMILES string of the molecule is COc1ccccc1[C@H]1c2c(oc3c(Cl)cc(Cl)cc3c2=O)C(=O)N1c1cc(C)on1. The minimum absolute atomic E-state index is 0.0973. The number of benzene rings is 2. The second kappa shape index (κ2) is 7.14. The van der Waals surface area contributed by atoms with Crippen LogP contribution in [0.2, 0.25) is 10.0 Å². The van der Waals surface area contributed by atoms with Gasteiger partial charge in [0.2, 0.25) is 5.76 Å². The third kappa shape index (κ3) is 2.92. The summed E-state index contributed by atoms with van der Waals surface area (Å²) in [6, 6.07) is 10.8. The number of amides is 1. The third-order valence-electron chi connectivity index (χ3n) is 5.19. The van der Waals surface area contributed by atoms with Crippen molar-refractivity contribution in [3.05, 3.63) is 85.4 Å². The summed E-state index contributed by atoms with van der Waals surface area (Å²) >= 11 is 12.4. The van der Waals surface area contributed by atoms with Crippen LogP contribution in [0.3, 0.4) is 0 Å². The summed E-state index contributed by atoms with van der Waals surface area (Å²) in [5.74, 6) is 0.610. The number of aromatic nitrogens is 1. The van der Waals surface area contributed by atoms with E-state index in [1.165, 1.54) is 24.1 Å². The molecule has 0 spiro atoms. The van der Waals surface area contributed by atoms with E-state index in [2.05, 4.69) is 5.16 Å². The Kier molecular flexibility index (Phi) is 4.53. The van der Waals surface area contributed by atoms with Crippen molar-refractivity contribution in [3.63, 3.8) is 0 Å². The Morgan fingerprint density at radius 1 is 1.13 bits per heavy atom. The van der Waals surface area contributed by atoms with E-state index in [9.17, 15) is 9.59 Å². The molecule has 3 heterocycles. The summed E-state index contributed by atoms with van der Waals surface area (Å²) in [6.07, 6.45) is 0. The van der Waals surface area contributed by atoms with E-state index in [1.807, 2.05) is 0 Å². The van der Waals surface area contributed by atoms with Gasteiger partial charge in [-0.05, 0) is 25.1 Å². The first kappa shape index (κ1) is 19.7. The van der Waals surface area contributed by atoms with Gasteiger partial charge in [0.25, 0.3) is 5.91 Å². The number of ether oxygens (including phenoxy) is 1. The molecule has 0 unspecified atom stereocenters. The summed E-state index contributed by atoms with van der Waals surface area (Å²) in [5.41, 5.74) is 0.436. The first-order chi connectivity index (χ1) is 14.9. The largest absolute Gasteiger partial charge is 0.496 e. The monoisotopic (exact) mass is 456 g/mol. The molecule has 0 saturated carbocycles. The number of anilines is 1. The predicted molar refractivity (Wildman–Crippen MR) is 115 cm³/mol. The molecule has 4 aromatic rings. The van der Waals surface area contributed by atoms with Crippen molar-refractivity contribution in [1.82, 2.24) is 5.16 Å². The molecule has 1 aliphatic heterocycles. The van der Waals surface area contributed by atoms with Crippen LogP contribution < -0.4 is 15.1 Å². The van der Waals surface area contributed by atoms with Crippen molar-refractivity contribution in [2.45, 2.75) is 13.0 Å². The molecular formula is C22H14Cl2N2O5. The molecule has 31 heavy (non-hydrogen) atoms. The molecule has 0 saturated heterocycles. The van der Waals surface area contributed by atoms with Crippen LogP contribution >= 0.6 is 23.2 Å². The van der Waals surface area contributed by atoms with Crippen LogP contribution in [0.4, 0.5) is 5.82 Å². The number of hydrogen-bond acceptors (Lipinski definition) is 6. The van der Waals surface area contributed by atoms with Crippen molar-refractivity contribution < 1.29 is 18.5 Å². The minimum atomic E-state index is -0.846. The third-order valence-corrected chi connectivity index (χ3v) is 5.69. The van der Waals surface area contributed by atoms with Gasteiger partial charge < -0.3 is 13.7 Å². The Bertz CT molecular complexity index is 1430. The molecule has 0 aliphatic carbocycles. The number of hydrogen-bond donors (Lipinski definition) is 0. The van der Waals surface area contributed by atoms with Gasteiger partial charge in [-0.25, -0.2) is 0 Å². The number of carbonyl (C=O) groups is 1. The number of aryl methyl sites for hydroxylation is 1. The predicted octanol–water partition coefficient (Wildman–Crippen LogP) is 5.15. The average molecular weight is 457 g/mol. The molecule has 156 valence electrons. The highest BCUT2D eigenvalue weighted by atomic mass is 35.5. The molecule has 2 aromatic heterocycles. The molecule has 0 N–H and O–H groups in total. The van der Waals surface area contributed by atoms with E-state index in [4.69, 9.17) is 36.9 Å². The fourth-order valence-corrected chi connectivity index (χ4v) is 4.42. The topological polar surface area (TPSA) is 85.8 Å². The highest BCUT2D eigenvalue weighted by Gasteiger charge is 2.46. The van der Waals surface area contributed by atoms with Crippen molar-refractivity contribution in [3.8, 4) is 5.75 Å². The molecule has 0 radical (unpaired) electrons. The summed E-state index contributed by atoms with van der Waals surface area (Å²) in [7, 11) is 1.52. The van der Waals surface area contributed by atoms with Crippen LogP contribution in [0, 0.1) is 6.92 Å². The van der Waals surface area contributed by atoms with Crippen LogP contribution in [0.5, 0.6) is 5.75 Å². The lowest BCUT2D eigenvalue weighted by Gasteiger charge is -2.23. The van der Waals surface area contributed by atoms with Gasteiger partial charge in [-0.15, -0.1) is 0 Å². The van der Waals surface area contributed by atoms with Gasteiger partial charge in [-0.1, -0.05) is 46.6 Å². The summed E-state index contributed by atoms with van der Waals surface area (Å²) in [4.78, 5) is 28.4. The van der Waals surface area contributed by atoms with Crippen LogP contribution in [0.25, 0.3) is 11.0 Å². The van der Waals surface area contributed by atoms with Crippen LogP contribution in [-0.4, -0.2) is 18.2 Å². The van der Waals surface area contributed by atoms with Gasteiger partial charge in [0.05, 0.1) is 23.1 Å². The van der Waals surface area contributed by atoms with Crippen molar-refractivity contribution in [2.75, 3.05) is 12.0 Å². The highest BCUT2D eigenvalue weighted by Crippen LogP contribution is 2.44. The molecule has 1 atom stereocenters. The molecular weight excluding hydrogens is 443 g/mol. The quantitative estimate of drug-likeness (QED) is 0.423. The molecule has 0 bridgehead atoms. The zero-order valence-corrected chi connectivity index (χ0v) is 17.8. The van der Waals surface area contributed by atoms with E-state index in [-0.39, 0.29) is 38.2 Å². The van der Waals surface area contributed by atoms with Crippen molar-refractivity contribution in [2.24, 2.45) is 0 Å². The smallest absolute Gasteiger partial charge is 0.296 e. The summed E-state index contributed by atoms with van der Waals surface area (Å²) < 4.78 is 16.6. The maximum atomic E-state index is 13.6. The van der Waals surface area contributed by atoms with E-state index < -0.39 is 17.4 Å². The van der Waals surface area contributed by atoms with Gasteiger partial charge >= 0.3 is 0 Å². The molecule has 2 aromatic carbocycles. The Morgan fingerprint density at radius 3 is 2.61 bits per heavy atom. The lowest BCUT2D eigenvalue weighted by Crippen LogP contribution is -2.30. The fourth-order valence-electron chi connectivity index (χ4n) is 3.89. The van der Waals surface area contributed by atoms with E-state index >= 15 is 0 Å². The first-order valence-corrected chi connectivity index (χ1v) is 10.0. The lowest BCUT2D eigenvalue weighted by atomic mass is 9.97. The molecule has 5 rings (SSSR count). The molecule has 1 amide bonds. The van der Waals surface area contributed by atoms with Gasteiger partial charge in [-0.3, -0.25) is 14.5 Å². The standard InChI is InChI=1S/C22H14Cl2N2O5/c1-10-7-16(25-31-10)26-18(12-5-3-4-6-15(12)29-2)17-19(27)13-8-11(23)9-14(24)20(13)30-21(17)22(26)28/h3-9,18H,1-2H3/t18-/m0/s1. The van der Waals surface area contributed by atoms with Crippen LogP contribution in [0.1, 0.15) is 33.5 Å². The van der Waals surface area contributed by atoms with E-state index in [0.717, 1.165) is 0 Å². The van der Waals surface area contributed by atoms with Crippen molar-refractivity contribution >= 4 is 45.9 Å². The molecule has 1 aliphatic rings. The molecule has 0 fully saturated rings. The second-order valence-electron chi connectivity index (χ2n) is 7.05. The van der Waals surface area contributed by atoms with Gasteiger partial charge in [-0.2, -0.15) is 0 Å². The fraction of sp³-hybridized carbons (Fsp3) is 0.136. The Hall–Kier alpha value is -3.29. The number of methoxy groups -OCH3 is 1. The summed E-state index contributed by atoms with van der Waals surface area (Å²) in [6.45, 7) is 1.71. The second-order valence-corrected chi connectivity index (χ2v) is 7.90. The first-order valence-electron chi connectivity index (χ1n) is 9.26. The van der Waals surface area contributed by atoms with Gasteiger partial charge in [0.15, 0.2) is 16.8 Å². The number of fused-ring (bicyclic) bond motifs is 2. The van der Waals surface area contributed by atoms with Gasteiger partial charge in [0, 0.05) is 16.7 Å². The number of rotatable bonds is 3. The van der Waals surface area contributed by atoms with Crippen LogP contribution in [0.15, 0.2) is 56.2 Å². The average Bonchev–Trinajstić information content (AvgIpc) is 3.30. The minimum Gasteiger partial charge on any atom is -0.496 e. The molecule has 7 nitrogen and oxygen atoms in total. The normalized spacial score (nSPS) is 15.5. The maximum Gasteiger partial charge on any atom is 0.296 e. The number of halogens is 2.